The van der Waals surface area contributed by atoms with Crippen LogP contribution in [-0.2, 0) is 75.9 Å². The highest BCUT2D eigenvalue weighted by Gasteiger charge is 2.73. The third-order valence-corrected chi connectivity index (χ3v) is 26.5. The number of allylic oxidation sites excluding steroid dienone is 2. The molecule has 0 spiro atoms. The number of aliphatic hydroxyl groups excluding tert-OH is 20. The highest BCUT2D eigenvalue weighted by molar-refractivity contribution is 5.80. The molecule has 11 fully saturated rings. The first kappa shape index (κ1) is 82.0. The number of rotatable bonds is 18. The number of aldehydes is 1. The molecule has 7 aliphatic heterocycles. The number of fused-ring (bicyclic) bond motifs is 7. The van der Waals surface area contributed by atoms with Crippen LogP contribution in [0.2, 0.25) is 0 Å². The molecule has 105 heavy (non-hydrogen) atoms. The largest absolute Gasteiger partial charge is 0.432 e. The van der Waals surface area contributed by atoms with Gasteiger partial charge in [0.25, 0.3) is 0 Å². The van der Waals surface area contributed by atoms with E-state index in [4.69, 9.17) is 66.3 Å². The Labute approximate surface area is 605 Å². The van der Waals surface area contributed by atoms with Crippen LogP contribution in [-0.4, -0.2) is 363 Å². The van der Waals surface area contributed by atoms with Crippen LogP contribution in [0.25, 0.3) is 0 Å². The Hall–Kier alpha value is -2.44. The van der Waals surface area contributed by atoms with Gasteiger partial charge in [-0.1, -0.05) is 53.2 Å². The number of carbonyl (C=O) groups excluding carboxylic acids is 2. The lowest BCUT2D eigenvalue weighted by Gasteiger charge is -2.71. The maximum absolute atomic E-state index is 15.7. The van der Waals surface area contributed by atoms with E-state index in [0.29, 0.717) is 38.5 Å². The third-order valence-electron chi connectivity index (χ3n) is 26.5. The summed E-state index contributed by atoms with van der Waals surface area (Å²) in [5.41, 5.74) is -4.59. The highest BCUT2D eigenvalue weighted by atomic mass is 16.8. The molecule has 0 aromatic heterocycles. The van der Waals surface area contributed by atoms with Crippen molar-refractivity contribution in [3.63, 3.8) is 0 Å². The van der Waals surface area contributed by atoms with E-state index < -0.39 is 293 Å². The second-order valence-corrected chi connectivity index (χ2v) is 33.1. The van der Waals surface area contributed by atoms with Crippen molar-refractivity contribution in [1.82, 2.24) is 0 Å². The van der Waals surface area contributed by atoms with Gasteiger partial charge in [0.2, 0.25) is 6.29 Å². The lowest BCUT2D eigenvalue weighted by molar-refractivity contribution is -0.399. The standard InChI is InChI=1S/C69H110O36/c1-25-51(100-57-50(90)52(30(76)23-93-57)101-56-46(86)38(78)28(74)21-92-56)45(85)49(89)58(95-25)103-54-39(79)29(75)22-94-61(54)105-63(91)69-15-14-64(2,3)16-27(69)26-8-9-35-65(4)12-11-37(66(5,24-73)34(65)10-13-67(35,6)68(26,7)17-36(69)77)99-62-55(104-60-48(88)44(84)41(81)32(19-71)97-60)53(42(82)33(20-72)98-62)102-59-47(87)43(83)40(80)31(18-70)96-59/h8,24-25,27-62,70-72,74-90H,9-23H2,1-7H3/t25-,27-,28+,29-,30+,31+,32+,33+,34+,35+,36+,37-,38-,39-,40+,41-,42+,43-,44-,45-,46+,47+,48+,49+,50+,51-,52-,53-,54+,55+,56-,57-,58-,59-,60-,61-,62-,65-,66-,67+,68+,69+/m0/s1. The average Bonchev–Trinajstić information content (AvgIpc) is 0.670. The number of hydrogen-bond acceptors (Lipinski definition) is 36. The second kappa shape index (κ2) is 31.2. The molecule has 4 saturated carbocycles. The zero-order valence-electron chi connectivity index (χ0n) is 59.6. The molecule has 20 N–H and O–H groups in total. The molecular weight excluding hydrogens is 1400 g/mol. The first-order chi connectivity index (χ1) is 49.4. The molecule has 0 aromatic carbocycles. The van der Waals surface area contributed by atoms with E-state index in [-0.39, 0.29) is 30.6 Å². The second-order valence-electron chi connectivity index (χ2n) is 33.1. The summed E-state index contributed by atoms with van der Waals surface area (Å²) in [4.78, 5) is 29.9. The van der Waals surface area contributed by atoms with Gasteiger partial charge < -0.3 is 173 Å². The Morgan fingerprint density at radius 2 is 0.971 bits per heavy atom. The molecule has 42 atom stereocenters. The van der Waals surface area contributed by atoms with Crippen molar-refractivity contribution < 1.29 is 178 Å². The summed E-state index contributed by atoms with van der Waals surface area (Å²) in [5, 5.41) is 220. The highest BCUT2D eigenvalue weighted by Crippen LogP contribution is 2.76. The van der Waals surface area contributed by atoms with Crippen molar-refractivity contribution in [1.29, 1.82) is 0 Å². The van der Waals surface area contributed by atoms with Gasteiger partial charge >= 0.3 is 5.97 Å². The van der Waals surface area contributed by atoms with Crippen LogP contribution >= 0.6 is 0 Å². The van der Waals surface area contributed by atoms with Crippen LogP contribution in [0.5, 0.6) is 0 Å². The Balaban J connectivity index is 0.770. The molecule has 5 aliphatic carbocycles. The molecule has 0 amide bonds. The van der Waals surface area contributed by atoms with Gasteiger partial charge in [-0.15, -0.1) is 0 Å². The van der Waals surface area contributed by atoms with E-state index in [1.54, 1.807) is 6.92 Å². The van der Waals surface area contributed by atoms with E-state index in [1.807, 2.05) is 0 Å². The number of hydrogen-bond donors (Lipinski definition) is 20. The van der Waals surface area contributed by atoms with Crippen molar-refractivity contribution in [2.24, 2.45) is 50.2 Å². The van der Waals surface area contributed by atoms with Gasteiger partial charge in [0.15, 0.2) is 43.8 Å². The van der Waals surface area contributed by atoms with Crippen molar-refractivity contribution in [3.8, 4) is 0 Å². The molecule has 0 unspecified atom stereocenters. The predicted octanol–water partition coefficient (Wildman–Crippen LogP) is -7.47. The lowest BCUT2D eigenvalue weighted by atomic mass is 9.33. The molecule has 0 radical (unpaired) electrons. The van der Waals surface area contributed by atoms with E-state index >= 15 is 4.79 Å². The number of aliphatic hydroxyl groups is 20. The molecular formula is C69H110O36. The number of carbonyl (C=O) groups is 2. The van der Waals surface area contributed by atoms with Crippen LogP contribution in [0, 0.1) is 50.2 Å². The topological polar surface area (TPSA) is 568 Å². The first-order valence-corrected chi connectivity index (χ1v) is 36.6. The van der Waals surface area contributed by atoms with Gasteiger partial charge in [0.05, 0.1) is 63.4 Å². The summed E-state index contributed by atoms with van der Waals surface area (Å²) in [5.74, 6) is -2.18. The smallest absolute Gasteiger partial charge is 0.317 e. The van der Waals surface area contributed by atoms with Crippen LogP contribution in [0.3, 0.4) is 0 Å². The Morgan fingerprint density at radius 1 is 0.467 bits per heavy atom. The summed E-state index contributed by atoms with van der Waals surface area (Å²) in [7, 11) is 0. The van der Waals surface area contributed by atoms with E-state index in [1.165, 1.54) is 6.92 Å². The van der Waals surface area contributed by atoms with Crippen LogP contribution < -0.4 is 0 Å². The summed E-state index contributed by atoms with van der Waals surface area (Å²) >= 11 is 0. The summed E-state index contributed by atoms with van der Waals surface area (Å²) < 4.78 is 83.8. The molecule has 0 bridgehead atoms. The van der Waals surface area contributed by atoms with Gasteiger partial charge in [-0.2, -0.15) is 0 Å². The molecule has 0 aromatic rings. The quantitative estimate of drug-likeness (QED) is 0.0262. The summed E-state index contributed by atoms with van der Waals surface area (Å²) in [6, 6.07) is 0. The molecule has 36 nitrogen and oxygen atoms in total. The van der Waals surface area contributed by atoms with Crippen molar-refractivity contribution in [3.05, 3.63) is 11.6 Å². The minimum Gasteiger partial charge on any atom is -0.432 e. The molecule has 12 aliphatic rings. The van der Waals surface area contributed by atoms with Crippen molar-refractivity contribution in [2.45, 2.75) is 315 Å². The Bertz CT molecular complexity index is 3010. The molecule has 12 rings (SSSR count). The van der Waals surface area contributed by atoms with E-state index in [9.17, 15) is 107 Å². The predicted molar refractivity (Wildman–Crippen MR) is 343 cm³/mol. The fourth-order valence-corrected chi connectivity index (χ4v) is 20.0. The van der Waals surface area contributed by atoms with Gasteiger partial charge in [0.1, 0.15) is 152 Å². The fraction of sp³-hybridized carbons (Fsp3) is 0.942. The van der Waals surface area contributed by atoms with E-state index in [2.05, 4.69) is 40.7 Å². The van der Waals surface area contributed by atoms with Crippen LogP contribution in [0.4, 0.5) is 0 Å². The zero-order chi connectivity index (χ0) is 76.4. The summed E-state index contributed by atoms with van der Waals surface area (Å²) in [6.07, 6.45) is -52.8. The molecule has 7 saturated heterocycles. The number of esters is 1. The molecule has 602 valence electrons. The van der Waals surface area contributed by atoms with Gasteiger partial charge in [-0.05, 0) is 104 Å². The third kappa shape index (κ3) is 14.2. The summed E-state index contributed by atoms with van der Waals surface area (Å²) in [6.45, 7) is 9.60. The van der Waals surface area contributed by atoms with Crippen LogP contribution in [0.15, 0.2) is 11.6 Å². The molecule has 7 heterocycles. The fourth-order valence-electron chi connectivity index (χ4n) is 20.0. The minimum atomic E-state index is -2.04. The monoisotopic (exact) mass is 1510 g/mol. The molecule has 36 heteroatoms. The maximum Gasteiger partial charge on any atom is 0.317 e. The normalized spacial score (nSPS) is 55.1. The zero-order valence-corrected chi connectivity index (χ0v) is 59.6. The van der Waals surface area contributed by atoms with Crippen LogP contribution in [0.1, 0.15) is 106 Å². The van der Waals surface area contributed by atoms with Gasteiger partial charge in [-0.25, -0.2) is 0 Å². The van der Waals surface area contributed by atoms with Gasteiger partial charge in [0, 0.05) is 0 Å². The van der Waals surface area contributed by atoms with Gasteiger partial charge in [-0.3, -0.25) is 4.79 Å². The Morgan fingerprint density at radius 3 is 1.58 bits per heavy atom. The van der Waals surface area contributed by atoms with E-state index in [0.717, 1.165) is 11.9 Å². The van der Waals surface area contributed by atoms with Crippen molar-refractivity contribution in [2.75, 3.05) is 39.6 Å². The van der Waals surface area contributed by atoms with Crippen molar-refractivity contribution >= 4 is 12.3 Å². The maximum atomic E-state index is 15.7. The SMILES string of the molecule is C[C@@H]1O[C@@H](O[C@H]2[C@H](OC(=O)[C@]34CCC(C)(C)C[C@H]3C3=CC[C@@H]5[C@@]6(C)CC[C@H](O[C@@H]7O[C@H](CO)[C@@H](O)[C@H](O[C@@H]8O[C@H](CO)[C@@H](O)[C@H](O)[C@H]8O)[C@H]7O[C@@H]7O[C@H](CO)[C@H](O)[C@H](O)[C@H]7O)[C@@](C)(C=O)[C@@H]6CC[C@@]5(C)[C@]3(C)C[C@H]4O)OC[C@H](O)[C@@H]2O)[C@H](O)[C@H](O)[C@H]1O[C@@H]1OC[C@@H](O)[C@H](O[C@@H]2OC[C@@H](O)[C@H](O)[C@H]2O)[C@H]1O. The Kier molecular flexibility index (Phi) is 24.3. The first-order valence-electron chi connectivity index (χ1n) is 36.6. The average molecular weight is 1520 g/mol. The minimum absolute atomic E-state index is 0.0622. The number of ether oxygens (including phenoxy) is 14. The lowest BCUT2D eigenvalue weighted by Crippen LogP contribution is -2.69.